The normalized spacial score (nSPS) is 13.8. The zero-order valence-electron chi connectivity index (χ0n) is 17.1. The van der Waals surface area contributed by atoms with Crippen LogP contribution in [0.15, 0.2) is 53.6 Å². The number of nitrogens with one attached hydrogen (secondary N) is 2. The third-order valence-corrected chi connectivity index (χ3v) is 5.20. The molecule has 0 spiro atoms. The summed E-state index contributed by atoms with van der Waals surface area (Å²) in [6.07, 6.45) is 4.75. The molecule has 0 bridgehead atoms. The summed E-state index contributed by atoms with van der Waals surface area (Å²) in [6, 6.07) is 13.7. The Morgan fingerprint density at radius 2 is 1.78 bits per heavy atom. The average Bonchev–Trinajstić information content (AvgIpc) is 2.81. The molecule has 0 unspecified atom stereocenters. The number of anilines is 4. The standard InChI is InChI=1S/C21H21ClN8O2/c22-18-10-9-17(30(31)32)13-15(18)14-23-28-20-25-19(24-16-7-3-1-4-8-16)26-21(27-20)29-11-5-2-6-12-29/h1,3-4,7-10,13-14H,2,5-6,11-12H2,(H2,24,25,26,27,28)/b23-14+. The molecule has 0 saturated carbocycles. The number of hydrogen-bond donors (Lipinski definition) is 2. The third kappa shape index (κ3) is 5.46. The van der Waals surface area contributed by atoms with Crippen molar-refractivity contribution in [2.24, 2.45) is 5.10 Å². The minimum absolute atomic E-state index is 0.0715. The van der Waals surface area contributed by atoms with Gasteiger partial charge in [0.15, 0.2) is 0 Å². The van der Waals surface area contributed by atoms with Crippen molar-refractivity contribution in [2.45, 2.75) is 19.3 Å². The Kier molecular flexibility index (Phi) is 6.71. The predicted molar refractivity (Wildman–Crippen MR) is 125 cm³/mol. The lowest BCUT2D eigenvalue weighted by Crippen LogP contribution is -2.31. The maximum Gasteiger partial charge on any atom is 0.270 e. The molecule has 2 N–H and O–H groups in total. The van der Waals surface area contributed by atoms with E-state index in [-0.39, 0.29) is 11.6 Å². The Hall–Kier alpha value is -3.79. The molecule has 164 valence electrons. The molecular formula is C21H21ClN8O2. The summed E-state index contributed by atoms with van der Waals surface area (Å²) in [4.78, 5) is 26.1. The molecule has 0 amide bonds. The summed E-state index contributed by atoms with van der Waals surface area (Å²) in [5, 5.41) is 18.7. The maximum absolute atomic E-state index is 11.0. The van der Waals surface area contributed by atoms with Crippen molar-refractivity contribution < 1.29 is 4.92 Å². The molecule has 2 heterocycles. The molecular weight excluding hydrogens is 432 g/mol. The number of para-hydroxylation sites is 1. The van der Waals surface area contributed by atoms with Crippen molar-refractivity contribution in [1.29, 1.82) is 0 Å². The van der Waals surface area contributed by atoms with Crippen LogP contribution in [0.25, 0.3) is 0 Å². The van der Waals surface area contributed by atoms with E-state index in [1.807, 2.05) is 30.3 Å². The first-order chi connectivity index (χ1) is 15.6. The largest absolute Gasteiger partial charge is 0.341 e. The van der Waals surface area contributed by atoms with E-state index in [2.05, 4.69) is 35.7 Å². The monoisotopic (exact) mass is 452 g/mol. The lowest BCUT2D eigenvalue weighted by molar-refractivity contribution is -0.384. The van der Waals surface area contributed by atoms with Gasteiger partial charge in [-0.2, -0.15) is 20.1 Å². The molecule has 1 aromatic heterocycles. The van der Waals surface area contributed by atoms with Crippen molar-refractivity contribution in [2.75, 3.05) is 28.7 Å². The van der Waals surface area contributed by atoms with E-state index < -0.39 is 4.92 Å². The predicted octanol–water partition coefficient (Wildman–Crippen LogP) is 4.61. The van der Waals surface area contributed by atoms with E-state index in [0.717, 1.165) is 31.6 Å². The Labute approximate surface area is 189 Å². The number of halogens is 1. The van der Waals surface area contributed by atoms with E-state index in [1.165, 1.54) is 30.8 Å². The summed E-state index contributed by atoms with van der Waals surface area (Å²) in [6.45, 7) is 1.75. The van der Waals surface area contributed by atoms with Crippen molar-refractivity contribution in [3.8, 4) is 0 Å². The fraction of sp³-hybridized carbons (Fsp3) is 0.238. The van der Waals surface area contributed by atoms with Crippen LogP contribution in [0.4, 0.5) is 29.2 Å². The van der Waals surface area contributed by atoms with Crippen LogP contribution >= 0.6 is 11.6 Å². The van der Waals surface area contributed by atoms with E-state index in [9.17, 15) is 10.1 Å². The highest BCUT2D eigenvalue weighted by molar-refractivity contribution is 6.33. The number of nitrogens with zero attached hydrogens (tertiary/aromatic N) is 6. The number of hydrazone groups is 1. The number of nitro benzene ring substituents is 1. The molecule has 1 aliphatic heterocycles. The number of nitro groups is 1. The number of piperidine rings is 1. The molecule has 0 aliphatic carbocycles. The van der Waals surface area contributed by atoms with E-state index in [4.69, 9.17) is 11.6 Å². The number of hydrogen-bond acceptors (Lipinski definition) is 9. The van der Waals surface area contributed by atoms with Crippen LogP contribution < -0.4 is 15.6 Å². The van der Waals surface area contributed by atoms with Gasteiger partial charge in [-0.15, -0.1) is 0 Å². The first-order valence-electron chi connectivity index (χ1n) is 10.1. The second kappa shape index (κ2) is 10.0. The van der Waals surface area contributed by atoms with Gasteiger partial charge in [-0.3, -0.25) is 10.1 Å². The van der Waals surface area contributed by atoms with Crippen LogP contribution in [0.1, 0.15) is 24.8 Å². The zero-order chi connectivity index (χ0) is 22.3. The molecule has 1 aliphatic rings. The zero-order valence-corrected chi connectivity index (χ0v) is 17.9. The fourth-order valence-electron chi connectivity index (χ4n) is 3.26. The Balaban J connectivity index is 1.58. The molecule has 10 nitrogen and oxygen atoms in total. The Morgan fingerprint density at radius 1 is 1.03 bits per heavy atom. The molecule has 1 saturated heterocycles. The highest BCUT2D eigenvalue weighted by Crippen LogP contribution is 2.22. The van der Waals surface area contributed by atoms with Gasteiger partial charge in [0.05, 0.1) is 11.1 Å². The summed E-state index contributed by atoms with van der Waals surface area (Å²) in [5.41, 5.74) is 3.97. The highest BCUT2D eigenvalue weighted by atomic mass is 35.5. The van der Waals surface area contributed by atoms with Gasteiger partial charge in [0.1, 0.15) is 0 Å². The topological polar surface area (TPSA) is 121 Å². The molecule has 0 radical (unpaired) electrons. The summed E-state index contributed by atoms with van der Waals surface area (Å²) in [5.74, 6) is 1.19. The van der Waals surface area contributed by atoms with E-state index in [1.54, 1.807) is 0 Å². The summed E-state index contributed by atoms with van der Waals surface area (Å²) >= 11 is 6.13. The molecule has 0 atom stereocenters. The molecule has 1 fully saturated rings. The molecule has 4 rings (SSSR count). The van der Waals surface area contributed by atoms with Crippen LogP contribution in [-0.2, 0) is 0 Å². The average molecular weight is 453 g/mol. The smallest absolute Gasteiger partial charge is 0.270 e. The van der Waals surface area contributed by atoms with Gasteiger partial charge in [0, 0.05) is 41.5 Å². The van der Waals surface area contributed by atoms with Gasteiger partial charge in [-0.05, 0) is 37.5 Å². The van der Waals surface area contributed by atoms with Crippen LogP contribution in [-0.4, -0.2) is 39.2 Å². The van der Waals surface area contributed by atoms with Gasteiger partial charge in [0.2, 0.25) is 17.8 Å². The minimum atomic E-state index is -0.487. The van der Waals surface area contributed by atoms with Gasteiger partial charge in [-0.1, -0.05) is 29.8 Å². The second-order valence-electron chi connectivity index (χ2n) is 7.15. The first kappa shape index (κ1) is 21.4. The Bertz CT molecular complexity index is 1120. The van der Waals surface area contributed by atoms with Crippen LogP contribution in [0.5, 0.6) is 0 Å². The summed E-state index contributed by atoms with van der Waals surface area (Å²) in [7, 11) is 0. The Morgan fingerprint density at radius 3 is 2.53 bits per heavy atom. The van der Waals surface area contributed by atoms with Crippen LogP contribution in [0.2, 0.25) is 5.02 Å². The minimum Gasteiger partial charge on any atom is -0.341 e. The van der Waals surface area contributed by atoms with E-state index in [0.29, 0.717) is 22.5 Å². The number of non-ortho nitro benzene ring substituents is 1. The van der Waals surface area contributed by atoms with Crippen molar-refractivity contribution in [3.05, 3.63) is 69.2 Å². The SMILES string of the molecule is O=[N+]([O-])c1ccc(Cl)c(/C=N/Nc2nc(Nc3ccccc3)nc(N3CCCCC3)n2)c1. The number of aromatic nitrogens is 3. The molecule has 3 aromatic rings. The van der Waals surface area contributed by atoms with Crippen molar-refractivity contribution in [1.82, 2.24) is 15.0 Å². The lowest BCUT2D eigenvalue weighted by Gasteiger charge is -2.26. The van der Waals surface area contributed by atoms with Gasteiger partial charge >= 0.3 is 0 Å². The summed E-state index contributed by atoms with van der Waals surface area (Å²) < 4.78 is 0. The van der Waals surface area contributed by atoms with Crippen LogP contribution in [0.3, 0.4) is 0 Å². The molecule has 2 aromatic carbocycles. The quantitative estimate of drug-likeness (QED) is 0.302. The van der Waals surface area contributed by atoms with Gasteiger partial charge in [-0.25, -0.2) is 5.43 Å². The number of rotatable bonds is 7. The van der Waals surface area contributed by atoms with E-state index >= 15 is 0 Å². The molecule has 11 heteroatoms. The first-order valence-corrected chi connectivity index (χ1v) is 10.5. The van der Waals surface area contributed by atoms with Gasteiger partial charge in [0.25, 0.3) is 5.69 Å². The van der Waals surface area contributed by atoms with Gasteiger partial charge < -0.3 is 10.2 Å². The second-order valence-corrected chi connectivity index (χ2v) is 7.56. The van der Waals surface area contributed by atoms with Crippen molar-refractivity contribution >= 4 is 47.0 Å². The molecule has 32 heavy (non-hydrogen) atoms. The maximum atomic E-state index is 11.0. The highest BCUT2D eigenvalue weighted by Gasteiger charge is 2.16. The number of benzene rings is 2. The third-order valence-electron chi connectivity index (χ3n) is 4.85. The van der Waals surface area contributed by atoms with Crippen LogP contribution in [0, 0.1) is 10.1 Å². The fourth-order valence-corrected chi connectivity index (χ4v) is 3.43. The van der Waals surface area contributed by atoms with Crippen molar-refractivity contribution in [3.63, 3.8) is 0 Å². The lowest BCUT2D eigenvalue weighted by atomic mass is 10.1.